The molecule has 0 fully saturated rings. The average Bonchev–Trinajstić information content (AvgIpc) is 2.64. The predicted octanol–water partition coefficient (Wildman–Crippen LogP) is 0.882. The van der Waals surface area contributed by atoms with Crippen LogP contribution in [0.3, 0.4) is 0 Å². The van der Waals surface area contributed by atoms with E-state index in [4.69, 9.17) is 9.68 Å². The smallest absolute Gasteiger partial charge is 0.194 e. The molecule has 146 valence electrons. The Morgan fingerprint density at radius 1 is 1.11 bits per heavy atom. The Morgan fingerprint density at radius 3 is 2.15 bits per heavy atom. The van der Waals surface area contributed by atoms with E-state index in [2.05, 4.69) is 28.2 Å². The summed E-state index contributed by atoms with van der Waals surface area (Å²) in [7, 11) is 2.89. The van der Waals surface area contributed by atoms with Crippen molar-refractivity contribution in [1.82, 2.24) is 11.0 Å². The molecule has 9 nitrogen and oxygen atoms in total. The van der Waals surface area contributed by atoms with Gasteiger partial charge < -0.3 is 10.6 Å². The van der Waals surface area contributed by atoms with E-state index >= 15 is 0 Å². The summed E-state index contributed by atoms with van der Waals surface area (Å²) in [5.41, 5.74) is 5.97. The summed E-state index contributed by atoms with van der Waals surface area (Å²) in [4.78, 5) is 31.5. The molecule has 0 aliphatic rings. The molecule has 0 aliphatic heterocycles. The molecule has 27 heavy (non-hydrogen) atoms. The van der Waals surface area contributed by atoms with Crippen LogP contribution in [0.1, 0.15) is 0 Å². The van der Waals surface area contributed by atoms with Gasteiger partial charge in [0, 0.05) is 10.6 Å². The fourth-order valence-electron chi connectivity index (χ4n) is 1.74. The van der Waals surface area contributed by atoms with Gasteiger partial charge in [-0.2, -0.15) is 0 Å². The number of hydroxylamine groups is 2. The highest BCUT2D eigenvalue weighted by atomic mass is 32.2. The van der Waals surface area contributed by atoms with E-state index in [0.29, 0.717) is 38.2 Å². The lowest BCUT2D eigenvalue weighted by Crippen LogP contribution is -2.30. The summed E-state index contributed by atoms with van der Waals surface area (Å²) < 4.78 is 12.3. The Bertz CT molecular complexity index is 881. The van der Waals surface area contributed by atoms with Crippen molar-refractivity contribution in [2.45, 2.75) is 4.90 Å². The molecule has 1 aromatic carbocycles. The van der Waals surface area contributed by atoms with Crippen molar-refractivity contribution >= 4 is 64.7 Å². The van der Waals surface area contributed by atoms with E-state index < -0.39 is 10.8 Å². The van der Waals surface area contributed by atoms with E-state index in [1.54, 1.807) is 34.7 Å². The lowest BCUT2D eigenvalue weighted by molar-refractivity contribution is 0.146. The maximum atomic E-state index is 12.3. The maximum Gasteiger partial charge on any atom is 0.194 e. The number of nitrogens with one attached hydrogen (secondary N) is 4. The van der Waals surface area contributed by atoms with Crippen molar-refractivity contribution < 1.29 is 23.5 Å². The summed E-state index contributed by atoms with van der Waals surface area (Å²) in [6.07, 6.45) is 1.56. The third-order valence-corrected chi connectivity index (χ3v) is 4.96. The van der Waals surface area contributed by atoms with Gasteiger partial charge in [0.05, 0.1) is 36.4 Å². The molecule has 0 saturated heterocycles. The van der Waals surface area contributed by atoms with Gasteiger partial charge in [-0.3, -0.25) is 13.9 Å². The van der Waals surface area contributed by atoms with Gasteiger partial charge in [0.15, 0.2) is 20.7 Å². The predicted molar refractivity (Wildman–Crippen MR) is 112 cm³/mol. The molecule has 4 N–H and O–H groups in total. The third-order valence-electron chi connectivity index (χ3n) is 2.70. The van der Waals surface area contributed by atoms with Crippen LogP contribution in [0, 0.1) is 0 Å². The van der Waals surface area contributed by atoms with Gasteiger partial charge in [0.25, 0.3) is 0 Å². The Labute approximate surface area is 165 Å². The zero-order valence-corrected chi connectivity index (χ0v) is 16.9. The lowest BCUT2D eigenvalue weighted by Gasteiger charge is -2.16. The SMILES string of the molecule is C=CCS(=O)c1ccc(NC(NOC)=S=C=O)c(NC(NOC)=S=C=O)c1. The van der Waals surface area contributed by atoms with Crippen LogP contribution in [0.5, 0.6) is 0 Å². The standard InChI is InChI=1S/C15H18N4O5S3/c1-4-7-27(22)11-5-6-12(16-14(18-23-2)25-9-20)13(8-11)17-15(19-24-3)26-10-21/h4-6,8,16-19H,1,7H2,2-3H3. The first-order valence-electron chi connectivity index (χ1n) is 7.16. The van der Waals surface area contributed by atoms with Crippen molar-refractivity contribution in [3.63, 3.8) is 0 Å². The van der Waals surface area contributed by atoms with Crippen molar-refractivity contribution in [3.05, 3.63) is 30.9 Å². The zero-order chi connectivity index (χ0) is 20.1. The lowest BCUT2D eigenvalue weighted by atomic mass is 10.2. The normalized spacial score (nSPS) is 10.7. The second kappa shape index (κ2) is 13.1. The quantitative estimate of drug-likeness (QED) is 0.284. The molecule has 0 spiro atoms. The van der Waals surface area contributed by atoms with E-state index in [1.807, 2.05) is 0 Å². The van der Waals surface area contributed by atoms with Gasteiger partial charge in [0.2, 0.25) is 0 Å². The summed E-state index contributed by atoms with van der Waals surface area (Å²) in [6.45, 7) is 3.58. The topological polar surface area (TPSA) is 118 Å². The Morgan fingerprint density at radius 2 is 1.67 bits per heavy atom. The molecular formula is C15H18N4O5S3. The minimum atomic E-state index is -1.29. The fourth-order valence-corrected chi connectivity index (χ4v) is 3.35. The van der Waals surface area contributed by atoms with Gasteiger partial charge in [0.1, 0.15) is 0 Å². The molecule has 1 unspecified atom stereocenters. The van der Waals surface area contributed by atoms with Crippen LogP contribution in [0.25, 0.3) is 0 Å². The molecule has 1 rings (SSSR count). The highest BCUT2D eigenvalue weighted by Crippen LogP contribution is 2.25. The fraction of sp³-hybridized carbons (Fsp3) is 0.200. The van der Waals surface area contributed by atoms with Crippen LogP contribution in [0.15, 0.2) is 35.7 Å². The first-order chi connectivity index (χ1) is 13.1. The summed E-state index contributed by atoms with van der Waals surface area (Å²) >= 11 is 0. The van der Waals surface area contributed by atoms with Crippen molar-refractivity contribution in [2.75, 3.05) is 30.6 Å². The second-order valence-electron chi connectivity index (χ2n) is 4.40. The molecule has 0 amide bonds. The zero-order valence-electron chi connectivity index (χ0n) is 14.5. The van der Waals surface area contributed by atoms with Crippen LogP contribution in [0.2, 0.25) is 0 Å². The number of hydrogen-bond donors (Lipinski definition) is 4. The monoisotopic (exact) mass is 430 g/mol. The number of rotatable bonds is 7. The number of hydrogen-bond acceptors (Lipinski definition) is 5. The Balaban J connectivity index is 3.39. The molecule has 1 aromatic rings. The van der Waals surface area contributed by atoms with Crippen molar-refractivity contribution in [1.29, 1.82) is 0 Å². The van der Waals surface area contributed by atoms with Gasteiger partial charge in [-0.1, -0.05) is 6.08 Å². The highest BCUT2D eigenvalue weighted by Gasteiger charge is 2.11. The summed E-state index contributed by atoms with van der Waals surface area (Å²) in [5.74, 6) is 0.286. The molecular weight excluding hydrogens is 412 g/mol. The first kappa shape index (κ1) is 22.9. The van der Waals surface area contributed by atoms with Gasteiger partial charge in [-0.25, -0.2) is 9.59 Å². The molecule has 0 bridgehead atoms. The Hall–Kier alpha value is -2.11. The van der Waals surface area contributed by atoms with Crippen LogP contribution in [-0.2, 0) is 30.1 Å². The average molecular weight is 431 g/mol. The van der Waals surface area contributed by atoms with E-state index in [-0.39, 0.29) is 16.0 Å². The highest BCUT2D eigenvalue weighted by molar-refractivity contribution is 7.96. The number of carbonyl (C=O) groups excluding carboxylic acids is 2. The van der Waals surface area contributed by atoms with E-state index in [1.165, 1.54) is 14.2 Å². The van der Waals surface area contributed by atoms with E-state index in [0.717, 1.165) is 0 Å². The van der Waals surface area contributed by atoms with Gasteiger partial charge in [-0.05, 0) is 40.1 Å². The Kier molecular flexibility index (Phi) is 11.1. The van der Waals surface area contributed by atoms with Crippen molar-refractivity contribution in [3.8, 4) is 0 Å². The first-order valence-corrected chi connectivity index (χ1v) is 10.1. The molecule has 12 heteroatoms. The number of anilines is 2. The summed E-state index contributed by atoms with van der Waals surface area (Å²) in [5, 5.41) is 9.72. The van der Waals surface area contributed by atoms with Crippen LogP contribution >= 0.6 is 21.9 Å². The van der Waals surface area contributed by atoms with Crippen LogP contribution in [-0.4, -0.2) is 44.9 Å². The van der Waals surface area contributed by atoms with Gasteiger partial charge in [-0.15, -0.1) is 17.5 Å². The largest absolute Gasteiger partial charge is 0.334 e. The van der Waals surface area contributed by atoms with Crippen molar-refractivity contribution in [2.24, 2.45) is 0 Å². The molecule has 1 atom stereocenters. The molecule has 0 aliphatic carbocycles. The van der Waals surface area contributed by atoms with E-state index in [9.17, 15) is 13.8 Å². The maximum absolute atomic E-state index is 12.3. The third kappa shape index (κ3) is 7.97. The van der Waals surface area contributed by atoms with Gasteiger partial charge >= 0.3 is 0 Å². The van der Waals surface area contributed by atoms with Crippen LogP contribution in [0.4, 0.5) is 11.4 Å². The molecule has 0 saturated carbocycles. The molecule has 0 aromatic heterocycles. The molecule has 0 heterocycles. The second-order valence-corrected chi connectivity index (χ2v) is 7.45. The minimum Gasteiger partial charge on any atom is -0.334 e. The van der Waals surface area contributed by atoms with Crippen LogP contribution < -0.4 is 21.6 Å². The number of benzene rings is 1. The molecule has 0 radical (unpaired) electrons. The minimum absolute atomic E-state index is 0.234. The summed E-state index contributed by atoms with van der Waals surface area (Å²) in [6, 6.07) is 4.95.